The summed E-state index contributed by atoms with van der Waals surface area (Å²) in [6.45, 7) is 0. The van der Waals surface area contributed by atoms with E-state index in [-0.39, 0.29) is 5.97 Å². The molecule has 1 heterocycles. The van der Waals surface area contributed by atoms with Crippen LogP contribution in [0.25, 0.3) is 0 Å². The first-order chi connectivity index (χ1) is 8.73. The lowest BCUT2D eigenvalue weighted by Gasteiger charge is -2.33. The summed E-state index contributed by atoms with van der Waals surface area (Å²) in [4.78, 5) is 11.7. The zero-order chi connectivity index (χ0) is 12.0. The smallest absolute Gasteiger partial charge is 0.306 e. The fourth-order valence-corrected chi connectivity index (χ4v) is 5.92. The lowest BCUT2D eigenvalue weighted by Crippen LogP contribution is -2.34. The van der Waals surface area contributed by atoms with Gasteiger partial charge in [-0.15, -0.1) is 0 Å². The van der Waals surface area contributed by atoms with Gasteiger partial charge in [-0.25, -0.2) is 0 Å². The summed E-state index contributed by atoms with van der Waals surface area (Å²) in [5, 5.41) is 0. The van der Waals surface area contributed by atoms with Crippen LogP contribution in [0.5, 0.6) is 0 Å². The Hall–Kier alpha value is -0.530. The van der Waals surface area contributed by atoms with Crippen molar-refractivity contribution in [2.75, 3.05) is 0 Å². The molecule has 1 saturated heterocycles. The van der Waals surface area contributed by atoms with Crippen molar-refractivity contribution in [3.63, 3.8) is 0 Å². The number of rotatable bonds is 0. The van der Waals surface area contributed by atoms with Crippen molar-refractivity contribution >= 4 is 5.97 Å². The molecule has 4 atom stereocenters. The van der Waals surface area contributed by atoms with E-state index in [0.717, 1.165) is 18.3 Å². The second-order valence-electron chi connectivity index (χ2n) is 7.85. The third-order valence-electron chi connectivity index (χ3n) is 7.19. The third-order valence-corrected chi connectivity index (χ3v) is 7.19. The van der Waals surface area contributed by atoms with Crippen molar-refractivity contribution in [2.24, 2.45) is 28.6 Å². The largest absolute Gasteiger partial charge is 0.462 e. The Morgan fingerprint density at radius 2 is 1.67 bits per heavy atom. The molecule has 0 radical (unpaired) electrons. The molecule has 0 aromatic carbocycles. The van der Waals surface area contributed by atoms with Crippen LogP contribution < -0.4 is 0 Å². The van der Waals surface area contributed by atoms with Gasteiger partial charge in [0.1, 0.15) is 6.10 Å². The van der Waals surface area contributed by atoms with E-state index < -0.39 is 0 Å². The molecule has 1 aliphatic heterocycles. The Labute approximate surface area is 108 Å². The summed E-state index contributed by atoms with van der Waals surface area (Å²) in [6, 6.07) is 0. The predicted octanol–water partition coefficient (Wildman–Crippen LogP) is 3.30. The van der Waals surface area contributed by atoms with Gasteiger partial charge in [-0.1, -0.05) is 0 Å². The average Bonchev–Trinajstić information content (AvgIpc) is 3.21. The molecule has 0 N–H and O–H groups in total. The number of ether oxygens (including phenoxy) is 1. The number of carbonyl (C=O) groups excluding carboxylic acids is 1. The maximum atomic E-state index is 11.7. The van der Waals surface area contributed by atoms with Crippen molar-refractivity contribution in [3.05, 3.63) is 0 Å². The second kappa shape index (κ2) is 2.96. The van der Waals surface area contributed by atoms with Gasteiger partial charge < -0.3 is 4.74 Å². The first-order valence-corrected chi connectivity index (χ1v) is 7.92. The fraction of sp³-hybridized carbons (Fsp3) is 0.938. The topological polar surface area (TPSA) is 26.3 Å². The minimum Gasteiger partial charge on any atom is -0.462 e. The van der Waals surface area contributed by atoms with Crippen LogP contribution in [0, 0.1) is 28.6 Å². The van der Waals surface area contributed by atoms with Gasteiger partial charge in [0, 0.05) is 11.8 Å². The van der Waals surface area contributed by atoms with Crippen LogP contribution in [0.15, 0.2) is 0 Å². The molecule has 0 bridgehead atoms. The van der Waals surface area contributed by atoms with Gasteiger partial charge >= 0.3 is 5.97 Å². The molecule has 0 amide bonds. The van der Waals surface area contributed by atoms with E-state index in [0.29, 0.717) is 22.9 Å². The Balaban J connectivity index is 1.58. The van der Waals surface area contributed by atoms with Crippen LogP contribution in [0.1, 0.15) is 57.8 Å². The van der Waals surface area contributed by atoms with Crippen molar-refractivity contribution in [1.82, 2.24) is 0 Å². The van der Waals surface area contributed by atoms with E-state index in [2.05, 4.69) is 0 Å². The molecule has 0 aromatic heterocycles. The van der Waals surface area contributed by atoms with Gasteiger partial charge in [0.2, 0.25) is 0 Å². The van der Waals surface area contributed by atoms with Crippen molar-refractivity contribution in [3.8, 4) is 0 Å². The first-order valence-electron chi connectivity index (χ1n) is 7.92. The van der Waals surface area contributed by atoms with Crippen LogP contribution in [0.3, 0.4) is 0 Å². The minimum atomic E-state index is 0.0956. The average molecular weight is 246 g/mol. The van der Waals surface area contributed by atoms with Crippen molar-refractivity contribution in [1.29, 1.82) is 0 Å². The van der Waals surface area contributed by atoms with Crippen LogP contribution in [-0.4, -0.2) is 12.1 Å². The molecular formula is C16H22O2. The summed E-state index contributed by atoms with van der Waals surface area (Å²) in [6.07, 6.45) is 12.3. The summed E-state index contributed by atoms with van der Waals surface area (Å²) in [7, 11) is 0. The zero-order valence-corrected chi connectivity index (χ0v) is 11.0. The van der Waals surface area contributed by atoms with Gasteiger partial charge in [0.05, 0.1) is 6.42 Å². The third kappa shape index (κ3) is 1.13. The van der Waals surface area contributed by atoms with E-state index in [1.807, 2.05) is 0 Å². The molecule has 4 saturated carbocycles. The zero-order valence-electron chi connectivity index (χ0n) is 11.0. The number of fused-ring (bicyclic) bond motifs is 5. The highest BCUT2D eigenvalue weighted by molar-refractivity contribution is 5.72. The summed E-state index contributed by atoms with van der Waals surface area (Å²) >= 11 is 0. The molecule has 4 aliphatic carbocycles. The summed E-state index contributed by atoms with van der Waals surface area (Å²) in [5.41, 5.74) is 1.33. The molecule has 0 aromatic rings. The van der Waals surface area contributed by atoms with Gasteiger partial charge in [0.15, 0.2) is 0 Å². The standard InChI is InChI=1S/C16H22O2/c17-12-9-10-1-3-15(5-6-15)11-2-4-16(7-8-16)13(11)14(10)18-12/h10-11,13-14H,1-9H2/t10-,11?,13?,14-/m0/s1. The minimum absolute atomic E-state index is 0.0956. The second-order valence-corrected chi connectivity index (χ2v) is 7.85. The van der Waals surface area contributed by atoms with Gasteiger partial charge in [-0.3, -0.25) is 4.79 Å². The maximum absolute atomic E-state index is 11.7. The Morgan fingerprint density at radius 1 is 0.944 bits per heavy atom. The molecule has 5 aliphatic rings. The van der Waals surface area contributed by atoms with Gasteiger partial charge in [-0.05, 0) is 68.1 Å². The van der Waals surface area contributed by atoms with Gasteiger partial charge in [0.25, 0.3) is 0 Å². The number of carbonyl (C=O) groups is 1. The van der Waals surface area contributed by atoms with E-state index in [1.165, 1.54) is 51.4 Å². The van der Waals surface area contributed by atoms with Crippen molar-refractivity contribution < 1.29 is 9.53 Å². The summed E-state index contributed by atoms with van der Waals surface area (Å²) in [5.74, 6) is 2.32. The van der Waals surface area contributed by atoms with Crippen molar-refractivity contribution in [2.45, 2.75) is 63.9 Å². The monoisotopic (exact) mass is 246 g/mol. The molecule has 5 fully saturated rings. The lowest BCUT2D eigenvalue weighted by molar-refractivity contribution is -0.145. The van der Waals surface area contributed by atoms with Crippen LogP contribution in [0.2, 0.25) is 0 Å². The molecule has 98 valence electrons. The Kier molecular flexibility index (Phi) is 1.69. The van der Waals surface area contributed by atoms with Crippen LogP contribution >= 0.6 is 0 Å². The molecule has 2 unspecified atom stereocenters. The maximum Gasteiger partial charge on any atom is 0.306 e. The lowest BCUT2D eigenvalue weighted by atomic mass is 9.74. The first kappa shape index (κ1) is 10.3. The number of esters is 1. The fourth-order valence-electron chi connectivity index (χ4n) is 5.92. The van der Waals surface area contributed by atoms with E-state index in [9.17, 15) is 4.79 Å². The Bertz CT molecular complexity index is 419. The Morgan fingerprint density at radius 3 is 2.39 bits per heavy atom. The normalized spacial score (nSPS) is 49.7. The molecule has 5 rings (SSSR count). The highest BCUT2D eigenvalue weighted by Gasteiger charge is 2.68. The molecule has 2 spiro atoms. The molecule has 2 nitrogen and oxygen atoms in total. The number of hydrogen-bond donors (Lipinski definition) is 0. The van der Waals surface area contributed by atoms with E-state index >= 15 is 0 Å². The molecular weight excluding hydrogens is 224 g/mol. The van der Waals surface area contributed by atoms with Crippen LogP contribution in [-0.2, 0) is 9.53 Å². The SMILES string of the molecule is O=C1C[C@@H]2CCC3(CC3)C3CCC4(CC4)C3[C@H]2O1. The van der Waals surface area contributed by atoms with E-state index in [1.54, 1.807) is 0 Å². The number of hydrogen-bond acceptors (Lipinski definition) is 2. The quantitative estimate of drug-likeness (QED) is 0.613. The molecule has 2 heteroatoms. The summed E-state index contributed by atoms with van der Waals surface area (Å²) < 4.78 is 5.82. The highest BCUT2D eigenvalue weighted by atomic mass is 16.6. The highest BCUT2D eigenvalue weighted by Crippen LogP contribution is 2.74. The molecule has 18 heavy (non-hydrogen) atoms. The van der Waals surface area contributed by atoms with Gasteiger partial charge in [-0.2, -0.15) is 0 Å². The predicted molar refractivity (Wildman–Crippen MR) is 66.8 cm³/mol. The van der Waals surface area contributed by atoms with E-state index in [4.69, 9.17) is 4.74 Å². The van der Waals surface area contributed by atoms with Crippen LogP contribution in [0.4, 0.5) is 0 Å².